The molecule has 2 saturated heterocycles. The second kappa shape index (κ2) is 9.42. The molecular weight excluding hydrogens is 426 g/mol. The SMILES string of the molecule is Cc1ccc(C(=O)NCc2ccc(N3CCCC3=O)cc2)cc1S(=O)(=O)N1CCCCC1. The van der Waals surface area contributed by atoms with Crippen LogP contribution in [-0.2, 0) is 21.4 Å². The Kier molecular flexibility index (Phi) is 6.62. The second-order valence-electron chi connectivity index (χ2n) is 8.44. The van der Waals surface area contributed by atoms with E-state index in [-0.39, 0.29) is 16.7 Å². The summed E-state index contributed by atoms with van der Waals surface area (Å²) in [6, 6.07) is 12.4. The van der Waals surface area contributed by atoms with Crippen LogP contribution in [0.2, 0.25) is 0 Å². The van der Waals surface area contributed by atoms with Crippen LogP contribution >= 0.6 is 0 Å². The number of carbonyl (C=O) groups excluding carboxylic acids is 2. The van der Waals surface area contributed by atoms with Crippen molar-refractivity contribution in [3.8, 4) is 0 Å². The van der Waals surface area contributed by atoms with Gasteiger partial charge in [0.15, 0.2) is 0 Å². The smallest absolute Gasteiger partial charge is 0.251 e. The first-order valence-corrected chi connectivity index (χ1v) is 12.6. The lowest BCUT2D eigenvalue weighted by atomic mass is 10.1. The van der Waals surface area contributed by atoms with Crippen molar-refractivity contribution < 1.29 is 18.0 Å². The van der Waals surface area contributed by atoms with Crippen molar-refractivity contribution >= 4 is 27.5 Å². The first-order valence-electron chi connectivity index (χ1n) is 11.1. The summed E-state index contributed by atoms with van der Waals surface area (Å²) in [4.78, 5) is 26.6. The molecule has 0 aromatic heterocycles. The molecule has 170 valence electrons. The van der Waals surface area contributed by atoms with E-state index in [1.807, 2.05) is 24.3 Å². The number of carbonyl (C=O) groups is 2. The van der Waals surface area contributed by atoms with Gasteiger partial charge in [-0.05, 0) is 61.6 Å². The molecule has 7 nitrogen and oxygen atoms in total. The van der Waals surface area contributed by atoms with Crippen molar-refractivity contribution in [2.75, 3.05) is 24.5 Å². The van der Waals surface area contributed by atoms with E-state index in [9.17, 15) is 18.0 Å². The summed E-state index contributed by atoms with van der Waals surface area (Å²) >= 11 is 0. The van der Waals surface area contributed by atoms with Crippen LogP contribution in [0.25, 0.3) is 0 Å². The predicted octanol–water partition coefficient (Wildman–Crippen LogP) is 3.23. The largest absolute Gasteiger partial charge is 0.348 e. The van der Waals surface area contributed by atoms with Crippen molar-refractivity contribution in [1.29, 1.82) is 0 Å². The third-order valence-corrected chi connectivity index (χ3v) is 8.20. The van der Waals surface area contributed by atoms with Gasteiger partial charge in [-0.1, -0.05) is 24.6 Å². The molecule has 4 rings (SSSR count). The van der Waals surface area contributed by atoms with Crippen molar-refractivity contribution in [3.63, 3.8) is 0 Å². The Morgan fingerprint density at radius 3 is 2.34 bits per heavy atom. The Morgan fingerprint density at radius 2 is 1.69 bits per heavy atom. The van der Waals surface area contributed by atoms with E-state index in [4.69, 9.17) is 0 Å². The van der Waals surface area contributed by atoms with Crippen LogP contribution in [-0.4, -0.2) is 44.2 Å². The highest BCUT2D eigenvalue weighted by Gasteiger charge is 2.28. The molecule has 2 amide bonds. The van der Waals surface area contributed by atoms with Gasteiger partial charge in [-0.15, -0.1) is 0 Å². The van der Waals surface area contributed by atoms with Gasteiger partial charge in [0.2, 0.25) is 15.9 Å². The fraction of sp³-hybridized carbons (Fsp3) is 0.417. The van der Waals surface area contributed by atoms with Crippen LogP contribution in [0.15, 0.2) is 47.4 Å². The van der Waals surface area contributed by atoms with Gasteiger partial charge in [0, 0.05) is 43.9 Å². The fourth-order valence-electron chi connectivity index (χ4n) is 4.26. The van der Waals surface area contributed by atoms with Gasteiger partial charge in [-0.25, -0.2) is 8.42 Å². The van der Waals surface area contributed by atoms with Gasteiger partial charge in [-0.3, -0.25) is 9.59 Å². The van der Waals surface area contributed by atoms with Crippen LogP contribution in [0.1, 0.15) is 53.6 Å². The molecule has 8 heteroatoms. The maximum Gasteiger partial charge on any atom is 0.251 e. The summed E-state index contributed by atoms with van der Waals surface area (Å²) in [5.41, 5.74) is 2.74. The Balaban J connectivity index is 1.43. The third-order valence-electron chi connectivity index (χ3n) is 6.16. The molecule has 0 saturated carbocycles. The number of piperidine rings is 1. The van der Waals surface area contributed by atoms with Crippen molar-refractivity contribution in [2.45, 2.75) is 50.5 Å². The number of hydrogen-bond donors (Lipinski definition) is 1. The second-order valence-corrected chi connectivity index (χ2v) is 10.3. The minimum Gasteiger partial charge on any atom is -0.348 e. The molecular formula is C24H29N3O4S. The van der Waals surface area contributed by atoms with Crippen LogP contribution < -0.4 is 10.2 Å². The average Bonchev–Trinajstić information content (AvgIpc) is 3.24. The lowest BCUT2D eigenvalue weighted by molar-refractivity contribution is -0.117. The Labute approximate surface area is 189 Å². The average molecular weight is 456 g/mol. The van der Waals surface area contributed by atoms with Gasteiger partial charge < -0.3 is 10.2 Å². The first kappa shape index (κ1) is 22.5. The number of rotatable bonds is 6. The summed E-state index contributed by atoms with van der Waals surface area (Å²) in [6.07, 6.45) is 4.24. The lowest BCUT2D eigenvalue weighted by Gasteiger charge is -2.26. The molecule has 0 aliphatic carbocycles. The fourth-order valence-corrected chi connectivity index (χ4v) is 6.03. The number of aryl methyl sites for hydroxylation is 1. The highest BCUT2D eigenvalue weighted by atomic mass is 32.2. The van der Waals surface area contributed by atoms with Crippen molar-refractivity contribution in [3.05, 3.63) is 59.2 Å². The predicted molar refractivity (Wildman–Crippen MR) is 123 cm³/mol. The molecule has 0 spiro atoms. The zero-order chi connectivity index (χ0) is 22.7. The highest BCUT2D eigenvalue weighted by Crippen LogP contribution is 2.25. The number of nitrogens with one attached hydrogen (secondary N) is 1. The molecule has 2 aliphatic heterocycles. The molecule has 2 aromatic carbocycles. The van der Waals surface area contributed by atoms with Gasteiger partial charge in [0.25, 0.3) is 5.91 Å². The third kappa shape index (κ3) is 4.71. The molecule has 2 heterocycles. The maximum absolute atomic E-state index is 13.1. The number of benzene rings is 2. The number of hydrogen-bond acceptors (Lipinski definition) is 4. The van der Waals surface area contributed by atoms with E-state index >= 15 is 0 Å². The molecule has 0 radical (unpaired) electrons. The molecule has 32 heavy (non-hydrogen) atoms. The monoisotopic (exact) mass is 455 g/mol. The number of sulfonamides is 1. The highest BCUT2D eigenvalue weighted by molar-refractivity contribution is 7.89. The zero-order valence-corrected chi connectivity index (χ0v) is 19.2. The van der Waals surface area contributed by atoms with E-state index in [1.165, 1.54) is 10.4 Å². The van der Waals surface area contributed by atoms with E-state index in [2.05, 4.69) is 5.32 Å². The van der Waals surface area contributed by atoms with E-state index in [1.54, 1.807) is 24.0 Å². The van der Waals surface area contributed by atoms with Crippen molar-refractivity contribution in [2.24, 2.45) is 0 Å². The number of anilines is 1. The minimum absolute atomic E-state index is 0.140. The molecule has 2 fully saturated rings. The summed E-state index contributed by atoms with van der Waals surface area (Å²) in [7, 11) is -3.61. The van der Waals surface area contributed by atoms with Crippen LogP contribution in [0.3, 0.4) is 0 Å². The molecule has 2 aromatic rings. The molecule has 0 bridgehead atoms. The molecule has 1 N–H and O–H groups in total. The normalized spacial score (nSPS) is 17.5. The Hall–Kier alpha value is -2.71. The Bertz CT molecular complexity index is 1110. The lowest BCUT2D eigenvalue weighted by Crippen LogP contribution is -2.36. The van der Waals surface area contributed by atoms with Crippen LogP contribution in [0.5, 0.6) is 0 Å². The van der Waals surface area contributed by atoms with Gasteiger partial charge in [0.05, 0.1) is 4.90 Å². The molecule has 2 aliphatic rings. The van der Waals surface area contributed by atoms with Crippen LogP contribution in [0.4, 0.5) is 5.69 Å². The van der Waals surface area contributed by atoms with Crippen molar-refractivity contribution in [1.82, 2.24) is 9.62 Å². The van der Waals surface area contributed by atoms with E-state index < -0.39 is 10.0 Å². The topological polar surface area (TPSA) is 86.8 Å². The maximum atomic E-state index is 13.1. The van der Waals surface area contributed by atoms with Gasteiger partial charge >= 0.3 is 0 Å². The summed E-state index contributed by atoms with van der Waals surface area (Å²) < 4.78 is 27.7. The molecule has 0 atom stereocenters. The number of amides is 2. The summed E-state index contributed by atoms with van der Waals surface area (Å²) in [5.74, 6) is -0.181. The molecule has 0 unspecified atom stereocenters. The van der Waals surface area contributed by atoms with Crippen LogP contribution in [0, 0.1) is 6.92 Å². The van der Waals surface area contributed by atoms with Gasteiger partial charge in [0.1, 0.15) is 0 Å². The van der Waals surface area contributed by atoms with E-state index in [0.29, 0.717) is 37.2 Å². The number of nitrogens with zero attached hydrogens (tertiary/aromatic N) is 2. The first-order chi connectivity index (χ1) is 15.4. The standard InChI is InChI=1S/C24H29N3O4S/c1-18-7-10-20(16-22(18)32(30,31)26-13-3-2-4-14-26)24(29)25-17-19-8-11-21(12-9-19)27-15-5-6-23(27)28/h7-12,16H,2-6,13-15,17H2,1H3,(H,25,29). The minimum atomic E-state index is -3.61. The summed E-state index contributed by atoms with van der Waals surface area (Å²) in [5, 5.41) is 2.86. The zero-order valence-electron chi connectivity index (χ0n) is 18.3. The van der Waals surface area contributed by atoms with E-state index in [0.717, 1.165) is 43.5 Å². The quantitative estimate of drug-likeness (QED) is 0.725. The summed E-state index contributed by atoms with van der Waals surface area (Å²) in [6.45, 7) is 3.86. The van der Waals surface area contributed by atoms with Gasteiger partial charge in [-0.2, -0.15) is 4.31 Å². The Morgan fingerprint density at radius 1 is 0.969 bits per heavy atom.